The van der Waals surface area contributed by atoms with Crippen LogP contribution in [0.2, 0.25) is 0 Å². The lowest BCUT2D eigenvalue weighted by molar-refractivity contribution is 0.179. The van der Waals surface area contributed by atoms with E-state index in [2.05, 4.69) is 15.8 Å². The molecule has 0 heterocycles. The molecule has 0 saturated carbocycles. The molecule has 0 aromatic heterocycles. The summed E-state index contributed by atoms with van der Waals surface area (Å²) in [4.78, 5) is 0. The van der Waals surface area contributed by atoms with Crippen molar-refractivity contribution < 1.29 is 18.9 Å². The highest BCUT2D eigenvalue weighted by Gasteiger charge is 2.12. The molecule has 23 heavy (non-hydrogen) atoms. The Labute approximate surface area is 141 Å². The highest BCUT2D eigenvalue weighted by Crippen LogP contribution is 2.37. The SMILES string of the molecule is COC[C@@H](C)NC(=S)N/N=C\c1cc(OC)c(OC)c(OC)c1. The Kier molecular flexibility index (Phi) is 8.14. The standard InChI is InChI=1S/C15H23N3O4S/c1-10(9-19-2)17-15(23)18-16-8-11-6-12(20-3)14(22-5)13(7-11)21-4/h6-8,10H,9H2,1-5H3,(H2,17,18,23)/b16-8-/t10-/m1/s1. The highest BCUT2D eigenvalue weighted by atomic mass is 32.1. The van der Waals surface area contributed by atoms with Crippen LogP contribution in [-0.4, -0.2) is 52.4 Å². The largest absolute Gasteiger partial charge is 0.493 e. The second-order valence-corrected chi connectivity index (χ2v) is 5.07. The number of benzene rings is 1. The van der Waals surface area contributed by atoms with E-state index in [-0.39, 0.29) is 6.04 Å². The molecule has 1 rings (SSSR count). The van der Waals surface area contributed by atoms with E-state index < -0.39 is 0 Å². The summed E-state index contributed by atoms with van der Waals surface area (Å²) in [7, 11) is 6.32. The number of ether oxygens (including phenoxy) is 4. The fraction of sp³-hybridized carbons (Fsp3) is 0.467. The van der Waals surface area contributed by atoms with Gasteiger partial charge in [-0.15, -0.1) is 0 Å². The molecule has 0 aliphatic heterocycles. The summed E-state index contributed by atoms with van der Waals surface area (Å²) < 4.78 is 20.9. The predicted molar refractivity (Wildman–Crippen MR) is 93.9 cm³/mol. The molecule has 0 fully saturated rings. The number of nitrogens with one attached hydrogen (secondary N) is 2. The first kappa shape index (κ1) is 19.0. The van der Waals surface area contributed by atoms with Gasteiger partial charge in [-0.25, -0.2) is 0 Å². The van der Waals surface area contributed by atoms with Crippen molar-refractivity contribution in [3.63, 3.8) is 0 Å². The van der Waals surface area contributed by atoms with Crippen molar-refractivity contribution >= 4 is 23.5 Å². The van der Waals surface area contributed by atoms with Crippen LogP contribution in [0.4, 0.5) is 0 Å². The summed E-state index contributed by atoms with van der Waals surface area (Å²) in [6.07, 6.45) is 1.61. The van der Waals surface area contributed by atoms with Gasteiger partial charge in [-0.1, -0.05) is 0 Å². The zero-order chi connectivity index (χ0) is 17.2. The van der Waals surface area contributed by atoms with Crippen LogP contribution in [0.1, 0.15) is 12.5 Å². The molecule has 0 amide bonds. The Morgan fingerprint density at radius 2 is 1.78 bits per heavy atom. The third-order valence-electron chi connectivity index (χ3n) is 2.86. The quantitative estimate of drug-likeness (QED) is 0.422. The van der Waals surface area contributed by atoms with E-state index >= 15 is 0 Å². The van der Waals surface area contributed by atoms with Crippen molar-refractivity contribution in [3.05, 3.63) is 17.7 Å². The lowest BCUT2D eigenvalue weighted by Gasteiger charge is -2.14. The first-order chi connectivity index (χ1) is 11.0. The monoisotopic (exact) mass is 341 g/mol. The van der Waals surface area contributed by atoms with Crippen LogP contribution < -0.4 is 25.0 Å². The van der Waals surface area contributed by atoms with E-state index in [4.69, 9.17) is 31.2 Å². The lowest BCUT2D eigenvalue weighted by atomic mass is 10.2. The summed E-state index contributed by atoms with van der Waals surface area (Å²) >= 11 is 5.14. The van der Waals surface area contributed by atoms with E-state index in [1.807, 2.05) is 6.92 Å². The average Bonchev–Trinajstić information content (AvgIpc) is 2.53. The molecule has 1 aromatic rings. The van der Waals surface area contributed by atoms with Gasteiger partial charge < -0.3 is 24.3 Å². The van der Waals surface area contributed by atoms with Gasteiger partial charge >= 0.3 is 0 Å². The summed E-state index contributed by atoms with van der Waals surface area (Å²) in [5, 5.41) is 7.55. The van der Waals surface area contributed by atoms with Crippen LogP contribution in [0.15, 0.2) is 17.2 Å². The van der Waals surface area contributed by atoms with Crippen molar-refractivity contribution in [3.8, 4) is 17.2 Å². The van der Waals surface area contributed by atoms with Gasteiger partial charge in [0.2, 0.25) is 5.75 Å². The molecular weight excluding hydrogens is 318 g/mol. The molecule has 128 valence electrons. The molecule has 1 aromatic carbocycles. The van der Waals surface area contributed by atoms with Gasteiger partial charge in [0.05, 0.1) is 34.2 Å². The van der Waals surface area contributed by atoms with Crippen LogP contribution in [0.5, 0.6) is 17.2 Å². The number of hydrogen-bond acceptors (Lipinski definition) is 6. The van der Waals surface area contributed by atoms with E-state index in [1.165, 1.54) is 0 Å². The fourth-order valence-corrected chi connectivity index (χ4v) is 2.14. The van der Waals surface area contributed by atoms with E-state index in [0.717, 1.165) is 5.56 Å². The number of methoxy groups -OCH3 is 4. The molecule has 2 N–H and O–H groups in total. The van der Waals surface area contributed by atoms with Crippen molar-refractivity contribution in [2.75, 3.05) is 35.0 Å². The minimum Gasteiger partial charge on any atom is -0.493 e. The predicted octanol–water partition coefficient (Wildman–Crippen LogP) is 1.55. The molecular formula is C15H23N3O4S. The Balaban J connectivity index is 2.75. The van der Waals surface area contributed by atoms with Gasteiger partial charge in [-0.05, 0) is 31.3 Å². The number of nitrogens with zero attached hydrogens (tertiary/aromatic N) is 1. The van der Waals surface area contributed by atoms with Gasteiger partial charge in [0.25, 0.3) is 0 Å². The second kappa shape index (κ2) is 9.86. The number of thiocarbonyl (C=S) groups is 1. The van der Waals surface area contributed by atoms with Crippen molar-refractivity contribution in [2.24, 2.45) is 5.10 Å². The maximum atomic E-state index is 5.29. The summed E-state index contributed by atoms with van der Waals surface area (Å²) in [6.45, 7) is 2.51. The summed E-state index contributed by atoms with van der Waals surface area (Å²) in [6, 6.07) is 3.67. The Bertz CT molecular complexity index is 527. The Morgan fingerprint density at radius 1 is 1.17 bits per heavy atom. The van der Waals surface area contributed by atoms with E-state index in [1.54, 1.807) is 46.8 Å². The van der Waals surface area contributed by atoms with Crippen LogP contribution in [-0.2, 0) is 4.74 Å². The lowest BCUT2D eigenvalue weighted by Crippen LogP contribution is -2.40. The van der Waals surface area contributed by atoms with Crippen molar-refractivity contribution in [1.82, 2.24) is 10.7 Å². The molecule has 0 aliphatic rings. The third-order valence-corrected chi connectivity index (χ3v) is 3.07. The van der Waals surface area contributed by atoms with Gasteiger partial charge in [0, 0.05) is 18.7 Å². The molecule has 0 radical (unpaired) electrons. The number of hydrogen-bond donors (Lipinski definition) is 2. The molecule has 0 unspecified atom stereocenters. The molecule has 0 bridgehead atoms. The minimum absolute atomic E-state index is 0.0939. The zero-order valence-electron chi connectivity index (χ0n) is 14.0. The van der Waals surface area contributed by atoms with Gasteiger partial charge in [0.1, 0.15) is 0 Å². The maximum Gasteiger partial charge on any atom is 0.203 e. The van der Waals surface area contributed by atoms with Crippen LogP contribution >= 0.6 is 12.2 Å². The number of hydrazone groups is 1. The van der Waals surface area contributed by atoms with Crippen LogP contribution in [0.3, 0.4) is 0 Å². The molecule has 7 nitrogen and oxygen atoms in total. The van der Waals surface area contributed by atoms with Crippen LogP contribution in [0, 0.1) is 0 Å². The van der Waals surface area contributed by atoms with E-state index in [9.17, 15) is 0 Å². The van der Waals surface area contributed by atoms with Crippen LogP contribution in [0.25, 0.3) is 0 Å². The van der Waals surface area contributed by atoms with Crippen molar-refractivity contribution in [2.45, 2.75) is 13.0 Å². The summed E-state index contributed by atoms with van der Waals surface area (Å²) in [5.41, 5.74) is 3.52. The molecule has 0 spiro atoms. The van der Waals surface area contributed by atoms with Gasteiger partial charge in [-0.2, -0.15) is 5.10 Å². The zero-order valence-corrected chi connectivity index (χ0v) is 14.8. The normalized spacial score (nSPS) is 11.9. The highest BCUT2D eigenvalue weighted by molar-refractivity contribution is 7.80. The second-order valence-electron chi connectivity index (χ2n) is 4.66. The molecule has 8 heteroatoms. The third kappa shape index (κ3) is 5.91. The topological polar surface area (TPSA) is 73.3 Å². The van der Waals surface area contributed by atoms with Gasteiger partial charge in [-0.3, -0.25) is 5.43 Å². The first-order valence-electron chi connectivity index (χ1n) is 6.94. The van der Waals surface area contributed by atoms with Gasteiger partial charge in [0.15, 0.2) is 16.6 Å². The fourth-order valence-electron chi connectivity index (χ4n) is 1.89. The Hall–Kier alpha value is -2.06. The maximum absolute atomic E-state index is 5.29. The first-order valence-corrected chi connectivity index (χ1v) is 7.35. The summed E-state index contributed by atoms with van der Waals surface area (Å²) in [5.74, 6) is 1.65. The average molecular weight is 341 g/mol. The van der Waals surface area contributed by atoms with Crippen molar-refractivity contribution in [1.29, 1.82) is 0 Å². The minimum atomic E-state index is 0.0939. The molecule has 0 aliphatic carbocycles. The molecule has 0 saturated heterocycles. The Morgan fingerprint density at radius 3 is 2.26 bits per heavy atom. The number of rotatable bonds is 8. The van der Waals surface area contributed by atoms with E-state index in [0.29, 0.717) is 29.0 Å². The molecule has 1 atom stereocenters. The smallest absolute Gasteiger partial charge is 0.203 e.